The number of aryl methyl sites for hydroxylation is 1. The summed E-state index contributed by atoms with van der Waals surface area (Å²) in [4.78, 5) is 18.7. The van der Waals surface area contributed by atoms with E-state index in [-0.39, 0.29) is 25.0 Å². The summed E-state index contributed by atoms with van der Waals surface area (Å²) < 4.78 is 11.2. The van der Waals surface area contributed by atoms with Gasteiger partial charge in [-0.25, -0.2) is 0 Å². The molecule has 1 saturated heterocycles. The maximum Gasteiger partial charge on any atom is 0.266 e. The Kier molecular flexibility index (Phi) is 8.28. The Labute approximate surface area is 184 Å². The van der Waals surface area contributed by atoms with Gasteiger partial charge < -0.3 is 24.6 Å². The average Bonchev–Trinajstić information content (AvgIpc) is 3.26. The van der Waals surface area contributed by atoms with Crippen LogP contribution in [0.4, 0.5) is 5.95 Å². The second-order valence-corrected chi connectivity index (χ2v) is 8.46. The molecule has 0 radical (unpaired) electrons. The standard InChI is InChI=1S/C23H34N4O4/c1-16(2)22-25-23(26-31-22)27-11-8-18(9-12-27)5-4-14-30-19-6-7-20(17(3)15-19)21(29)24-10-13-28/h6-7,15-16,18,28H,4-5,8-14H2,1-3H3,(H,24,29). The molecule has 3 rings (SSSR count). The van der Waals surface area contributed by atoms with Crippen LogP contribution in [0.15, 0.2) is 22.7 Å². The van der Waals surface area contributed by atoms with Gasteiger partial charge in [-0.3, -0.25) is 4.79 Å². The third kappa shape index (κ3) is 6.43. The molecule has 0 saturated carbocycles. The molecule has 2 heterocycles. The first kappa shape index (κ1) is 23.1. The number of aliphatic hydroxyl groups is 1. The third-order valence-corrected chi connectivity index (χ3v) is 5.69. The van der Waals surface area contributed by atoms with Crippen molar-refractivity contribution in [1.29, 1.82) is 0 Å². The number of hydrogen-bond acceptors (Lipinski definition) is 7. The minimum atomic E-state index is -0.175. The van der Waals surface area contributed by atoms with Crippen molar-refractivity contribution in [3.05, 3.63) is 35.2 Å². The van der Waals surface area contributed by atoms with Crippen LogP contribution in [0, 0.1) is 12.8 Å². The number of aliphatic hydroxyl groups excluding tert-OH is 1. The summed E-state index contributed by atoms with van der Waals surface area (Å²) in [6.07, 6.45) is 4.39. The van der Waals surface area contributed by atoms with Crippen molar-refractivity contribution in [1.82, 2.24) is 15.5 Å². The quantitative estimate of drug-likeness (QED) is 0.558. The molecule has 0 atom stereocenters. The highest BCUT2D eigenvalue weighted by atomic mass is 16.5. The fourth-order valence-corrected chi connectivity index (χ4v) is 3.82. The van der Waals surface area contributed by atoms with E-state index in [0.29, 0.717) is 29.9 Å². The van der Waals surface area contributed by atoms with Crippen LogP contribution < -0.4 is 15.0 Å². The molecule has 0 aliphatic carbocycles. The largest absolute Gasteiger partial charge is 0.494 e. The second kappa shape index (κ2) is 11.1. The van der Waals surface area contributed by atoms with Gasteiger partial charge in [0.25, 0.3) is 11.9 Å². The van der Waals surface area contributed by atoms with Gasteiger partial charge in [-0.1, -0.05) is 13.8 Å². The molecule has 1 aromatic carbocycles. The predicted molar refractivity (Wildman–Crippen MR) is 119 cm³/mol. The molecule has 8 nitrogen and oxygen atoms in total. The van der Waals surface area contributed by atoms with Gasteiger partial charge in [-0.15, -0.1) is 0 Å². The van der Waals surface area contributed by atoms with Crippen molar-refractivity contribution >= 4 is 11.9 Å². The smallest absolute Gasteiger partial charge is 0.266 e. The molecule has 31 heavy (non-hydrogen) atoms. The van der Waals surface area contributed by atoms with Gasteiger partial charge in [0.2, 0.25) is 5.89 Å². The fraction of sp³-hybridized carbons (Fsp3) is 0.609. The van der Waals surface area contributed by atoms with Gasteiger partial charge in [-0.2, -0.15) is 4.98 Å². The number of carbonyl (C=O) groups excluding carboxylic acids is 1. The van der Waals surface area contributed by atoms with Crippen LogP contribution in [0.3, 0.4) is 0 Å². The highest BCUT2D eigenvalue weighted by Crippen LogP contribution is 2.26. The Morgan fingerprint density at radius 3 is 2.77 bits per heavy atom. The van der Waals surface area contributed by atoms with Crippen molar-refractivity contribution in [3.63, 3.8) is 0 Å². The van der Waals surface area contributed by atoms with Crippen LogP contribution in [-0.2, 0) is 0 Å². The van der Waals surface area contributed by atoms with E-state index >= 15 is 0 Å². The van der Waals surface area contributed by atoms with E-state index in [9.17, 15) is 4.79 Å². The molecule has 1 aliphatic heterocycles. The summed E-state index contributed by atoms with van der Waals surface area (Å²) in [6.45, 7) is 8.77. The molecule has 0 unspecified atom stereocenters. The lowest BCUT2D eigenvalue weighted by molar-refractivity contribution is 0.0944. The highest BCUT2D eigenvalue weighted by molar-refractivity contribution is 5.95. The summed E-state index contributed by atoms with van der Waals surface area (Å²) >= 11 is 0. The number of ether oxygens (including phenoxy) is 1. The lowest BCUT2D eigenvalue weighted by Gasteiger charge is -2.30. The van der Waals surface area contributed by atoms with E-state index in [2.05, 4.69) is 34.2 Å². The van der Waals surface area contributed by atoms with Crippen LogP contribution in [0.1, 0.15) is 67.3 Å². The minimum Gasteiger partial charge on any atom is -0.494 e. The Morgan fingerprint density at radius 1 is 1.35 bits per heavy atom. The van der Waals surface area contributed by atoms with Gasteiger partial charge in [-0.05, 0) is 67.4 Å². The molecular weight excluding hydrogens is 396 g/mol. The minimum absolute atomic E-state index is 0.0683. The van der Waals surface area contributed by atoms with E-state index < -0.39 is 0 Å². The first-order valence-corrected chi connectivity index (χ1v) is 11.2. The van der Waals surface area contributed by atoms with Gasteiger partial charge in [0, 0.05) is 31.1 Å². The van der Waals surface area contributed by atoms with E-state index in [0.717, 1.165) is 50.1 Å². The topological polar surface area (TPSA) is 101 Å². The number of nitrogens with zero attached hydrogens (tertiary/aromatic N) is 3. The van der Waals surface area contributed by atoms with Crippen molar-refractivity contribution < 1.29 is 19.2 Å². The number of anilines is 1. The number of aromatic nitrogens is 2. The van der Waals surface area contributed by atoms with Crippen LogP contribution in [0.25, 0.3) is 0 Å². The lowest BCUT2D eigenvalue weighted by atomic mass is 9.92. The Morgan fingerprint density at radius 2 is 2.13 bits per heavy atom. The number of benzene rings is 1. The van der Waals surface area contributed by atoms with Crippen molar-refractivity contribution in [2.75, 3.05) is 37.7 Å². The molecule has 0 bridgehead atoms. The zero-order valence-electron chi connectivity index (χ0n) is 18.8. The number of hydrogen-bond donors (Lipinski definition) is 2. The molecule has 1 aliphatic rings. The Balaban J connectivity index is 1.36. The molecular formula is C23H34N4O4. The number of amides is 1. The number of carbonyl (C=O) groups is 1. The molecule has 2 N–H and O–H groups in total. The normalized spacial score (nSPS) is 14.8. The zero-order valence-corrected chi connectivity index (χ0v) is 18.8. The van der Waals surface area contributed by atoms with E-state index in [4.69, 9.17) is 14.4 Å². The third-order valence-electron chi connectivity index (χ3n) is 5.69. The summed E-state index contributed by atoms with van der Waals surface area (Å²) in [6, 6.07) is 5.49. The summed E-state index contributed by atoms with van der Waals surface area (Å²) in [5.41, 5.74) is 1.47. The van der Waals surface area contributed by atoms with Crippen LogP contribution >= 0.6 is 0 Å². The SMILES string of the molecule is Cc1cc(OCCCC2CCN(c3noc(C(C)C)n3)CC2)ccc1C(=O)NCCO. The van der Waals surface area contributed by atoms with Crippen LogP contribution in [-0.4, -0.2) is 54.0 Å². The Bertz CT molecular complexity index is 844. The molecule has 1 fully saturated rings. The molecule has 170 valence electrons. The summed E-state index contributed by atoms with van der Waals surface area (Å²) in [7, 11) is 0. The molecule has 2 aromatic rings. The maximum atomic E-state index is 12.0. The summed E-state index contributed by atoms with van der Waals surface area (Å²) in [5.74, 6) is 2.96. The zero-order chi connectivity index (χ0) is 22.2. The molecule has 1 amide bonds. The van der Waals surface area contributed by atoms with Gasteiger partial charge >= 0.3 is 0 Å². The first-order valence-electron chi connectivity index (χ1n) is 11.2. The number of piperidine rings is 1. The van der Waals surface area contributed by atoms with Crippen LogP contribution in [0.2, 0.25) is 0 Å². The van der Waals surface area contributed by atoms with Gasteiger partial charge in [0.1, 0.15) is 5.75 Å². The summed E-state index contributed by atoms with van der Waals surface area (Å²) in [5, 5.41) is 15.6. The monoisotopic (exact) mass is 430 g/mol. The average molecular weight is 431 g/mol. The molecule has 0 spiro atoms. The van der Waals surface area contributed by atoms with E-state index in [1.807, 2.05) is 19.1 Å². The van der Waals surface area contributed by atoms with Crippen molar-refractivity contribution in [2.24, 2.45) is 5.92 Å². The molecule has 8 heteroatoms. The van der Waals surface area contributed by atoms with E-state index in [1.165, 1.54) is 0 Å². The Hall–Kier alpha value is -2.61. The fourth-order valence-electron chi connectivity index (χ4n) is 3.82. The van der Waals surface area contributed by atoms with Gasteiger partial charge in [0.05, 0.1) is 13.2 Å². The van der Waals surface area contributed by atoms with Crippen molar-refractivity contribution in [2.45, 2.75) is 52.4 Å². The molecule has 1 aromatic heterocycles. The second-order valence-electron chi connectivity index (χ2n) is 8.46. The van der Waals surface area contributed by atoms with Crippen LogP contribution in [0.5, 0.6) is 5.75 Å². The van der Waals surface area contributed by atoms with Gasteiger partial charge in [0.15, 0.2) is 0 Å². The number of rotatable bonds is 10. The number of nitrogens with one attached hydrogen (secondary N) is 1. The predicted octanol–water partition coefficient (Wildman–Crippen LogP) is 3.30. The lowest BCUT2D eigenvalue weighted by Crippen LogP contribution is -2.34. The first-order chi connectivity index (χ1) is 15.0. The highest BCUT2D eigenvalue weighted by Gasteiger charge is 2.23. The van der Waals surface area contributed by atoms with Crippen molar-refractivity contribution in [3.8, 4) is 5.75 Å². The maximum absolute atomic E-state index is 12.0. The van der Waals surface area contributed by atoms with E-state index in [1.54, 1.807) is 6.07 Å².